The van der Waals surface area contributed by atoms with Crippen LogP contribution in [0.1, 0.15) is 30.5 Å². The Morgan fingerprint density at radius 3 is 2.31 bits per heavy atom. The fourth-order valence-electron chi connectivity index (χ4n) is 6.66. The van der Waals surface area contributed by atoms with E-state index >= 15 is 0 Å². The maximum absolute atomic E-state index is 13.6. The van der Waals surface area contributed by atoms with Crippen molar-refractivity contribution >= 4 is 45.3 Å². The maximum Gasteiger partial charge on any atom is 0.233 e. The summed E-state index contributed by atoms with van der Waals surface area (Å²) in [7, 11) is 0. The van der Waals surface area contributed by atoms with Gasteiger partial charge in [-0.2, -0.15) is 0 Å². The van der Waals surface area contributed by atoms with E-state index in [0.717, 1.165) is 62.5 Å². The lowest BCUT2D eigenvalue weighted by Crippen LogP contribution is -2.38. The van der Waals surface area contributed by atoms with Gasteiger partial charge in [0.15, 0.2) is 0 Å². The molecule has 0 saturated heterocycles. The lowest BCUT2D eigenvalue weighted by molar-refractivity contribution is -0.118. The molecular formula is C42H36N4OS. The molecule has 5 nitrogen and oxygen atoms in total. The normalized spacial score (nSPS) is 13.1. The van der Waals surface area contributed by atoms with Crippen LogP contribution in [0.15, 0.2) is 139 Å². The summed E-state index contributed by atoms with van der Waals surface area (Å²) in [5.41, 5.74) is 9.38. The van der Waals surface area contributed by atoms with E-state index in [0.29, 0.717) is 12.3 Å². The van der Waals surface area contributed by atoms with Crippen LogP contribution in [0.5, 0.6) is 0 Å². The van der Waals surface area contributed by atoms with Crippen molar-refractivity contribution in [1.82, 2.24) is 15.0 Å². The first kappa shape index (κ1) is 30.2. The van der Waals surface area contributed by atoms with Gasteiger partial charge in [-0.15, -0.1) is 11.8 Å². The minimum absolute atomic E-state index is 0.0847. The molecular weight excluding hydrogens is 609 g/mol. The van der Waals surface area contributed by atoms with Gasteiger partial charge in [0.05, 0.1) is 6.42 Å². The molecule has 1 amide bonds. The third-order valence-corrected chi connectivity index (χ3v) is 10.5. The molecule has 6 heteroatoms. The van der Waals surface area contributed by atoms with Crippen molar-refractivity contribution in [1.29, 1.82) is 0 Å². The Kier molecular flexibility index (Phi) is 8.48. The first-order valence-electron chi connectivity index (χ1n) is 16.7. The molecule has 0 radical (unpaired) electrons. The first-order valence-corrected chi connectivity index (χ1v) is 17.7. The number of carbonyl (C=O) groups excluding carboxylic acids is 1. The van der Waals surface area contributed by atoms with Gasteiger partial charge in [-0.3, -0.25) is 9.78 Å². The summed E-state index contributed by atoms with van der Waals surface area (Å²) in [6.45, 7) is 0.744. The molecule has 4 aromatic carbocycles. The number of fused-ring (bicyclic) bond motifs is 3. The Hall–Kier alpha value is -5.20. The molecule has 1 fully saturated rings. The number of rotatable bonds is 10. The quantitative estimate of drug-likeness (QED) is 0.151. The highest BCUT2D eigenvalue weighted by Crippen LogP contribution is 2.41. The third-order valence-electron chi connectivity index (χ3n) is 9.41. The number of carbonyl (C=O) groups is 1. The van der Waals surface area contributed by atoms with Gasteiger partial charge in [-0.25, -0.2) is 4.98 Å². The molecule has 8 rings (SSSR count). The second kappa shape index (κ2) is 13.5. The number of nitrogens with one attached hydrogen (secondary N) is 1. The van der Waals surface area contributed by atoms with E-state index in [1.54, 1.807) is 6.20 Å². The van der Waals surface area contributed by atoms with Crippen LogP contribution in [0.25, 0.3) is 44.2 Å². The molecule has 48 heavy (non-hydrogen) atoms. The molecule has 1 saturated carbocycles. The lowest BCUT2D eigenvalue weighted by atomic mass is 9.85. The first-order chi connectivity index (χ1) is 23.7. The summed E-state index contributed by atoms with van der Waals surface area (Å²) in [5.74, 6) is 1.52. The molecule has 0 unspecified atom stereocenters. The number of thioether (sulfide) groups is 1. The number of nitrogens with zero attached hydrogens (tertiary/aromatic N) is 3. The number of aromatic amines is 1. The average Bonchev–Trinajstić information content (AvgIpc) is 3.49. The van der Waals surface area contributed by atoms with Crippen molar-refractivity contribution in [2.75, 3.05) is 11.4 Å². The van der Waals surface area contributed by atoms with Crippen molar-refractivity contribution < 1.29 is 4.79 Å². The van der Waals surface area contributed by atoms with E-state index in [4.69, 9.17) is 4.98 Å². The fourth-order valence-corrected chi connectivity index (χ4v) is 7.52. The van der Waals surface area contributed by atoms with Crippen molar-refractivity contribution in [3.8, 4) is 22.3 Å². The molecule has 0 aliphatic heterocycles. The van der Waals surface area contributed by atoms with Crippen molar-refractivity contribution in [3.05, 3.63) is 145 Å². The van der Waals surface area contributed by atoms with Gasteiger partial charge in [0, 0.05) is 68.4 Å². The van der Waals surface area contributed by atoms with Crippen LogP contribution < -0.4 is 4.90 Å². The number of benzene rings is 4. The summed E-state index contributed by atoms with van der Waals surface area (Å²) < 4.78 is 0. The van der Waals surface area contributed by atoms with Gasteiger partial charge < -0.3 is 9.88 Å². The monoisotopic (exact) mass is 644 g/mol. The van der Waals surface area contributed by atoms with Crippen LogP contribution in [-0.4, -0.2) is 27.4 Å². The number of hydrogen-bond donors (Lipinski definition) is 1. The van der Waals surface area contributed by atoms with Crippen LogP contribution in [-0.2, 0) is 17.0 Å². The van der Waals surface area contributed by atoms with E-state index in [1.165, 1.54) is 35.1 Å². The number of hydrogen-bond acceptors (Lipinski definition) is 4. The van der Waals surface area contributed by atoms with Gasteiger partial charge in [0.1, 0.15) is 5.65 Å². The maximum atomic E-state index is 13.6. The van der Waals surface area contributed by atoms with Gasteiger partial charge in [-0.05, 0) is 84.0 Å². The summed E-state index contributed by atoms with van der Waals surface area (Å²) in [5, 5.41) is 2.30. The van der Waals surface area contributed by atoms with Crippen LogP contribution in [0, 0.1) is 5.92 Å². The number of pyridine rings is 2. The zero-order valence-corrected chi connectivity index (χ0v) is 27.5. The molecule has 0 atom stereocenters. The highest BCUT2D eigenvalue weighted by atomic mass is 32.2. The summed E-state index contributed by atoms with van der Waals surface area (Å²) in [4.78, 5) is 29.8. The Morgan fingerprint density at radius 1 is 0.812 bits per heavy atom. The standard InChI is InChI=1S/C42H36N4OS/c47-39(25-33-14-7-8-23-43-33)46(27-29-10-9-11-29)34-20-18-31(19-21-34)37-26-44-42-41(40(37)32-12-3-1-4-13-32)36-24-30(17-22-38(36)45-42)28-48-35-15-5-2-6-16-35/h1-8,12-24,26,29H,9-11,25,27-28H2,(H,44,45). The van der Waals surface area contributed by atoms with E-state index in [2.05, 4.69) is 113 Å². The minimum Gasteiger partial charge on any atom is -0.339 e. The van der Waals surface area contributed by atoms with Crippen molar-refractivity contribution in [2.45, 2.75) is 36.3 Å². The van der Waals surface area contributed by atoms with Gasteiger partial charge in [0.25, 0.3) is 0 Å². The molecule has 3 heterocycles. The van der Waals surface area contributed by atoms with Gasteiger partial charge in [-0.1, -0.05) is 79.2 Å². The van der Waals surface area contributed by atoms with Crippen LogP contribution >= 0.6 is 11.8 Å². The topological polar surface area (TPSA) is 61.9 Å². The van der Waals surface area contributed by atoms with Gasteiger partial charge >= 0.3 is 0 Å². The molecule has 7 aromatic rings. The predicted molar refractivity (Wildman–Crippen MR) is 198 cm³/mol. The number of aromatic nitrogens is 3. The average molecular weight is 645 g/mol. The number of anilines is 1. The molecule has 1 N–H and O–H groups in total. The number of H-pyrrole nitrogens is 1. The predicted octanol–water partition coefficient (Wildman–Crippen LogP) is 10.1. The lowest BCUT2D eigenvalue weighted by Gasteiger charge is -2.32. The number of amides is 1. The molecule has 236 valence electrons. The van der Waals surface area contributed by atoms with E-state index in [1.807, 2.05) is 41.1 Å². The Balaban J connectivity index is 1.18. The Labute approximate surface area is 285 Å². The smallest absolute Gasteiger partial charge is 0.233 e. The molecule has 3 aromatic heterocycles. The third kappa shape index (κ3) is 6.24. The summed E-state index contributed by atoms with van der Waals surface area (Å²) in [6, 6.07) is 42.1. The van der Waals surface area contributed by atoms with Gasteiger partial charge in [0.2, 0.25) is 5.91 Å². The fraction of sp³-hybridized carbons (Fsp3) is 0.167. The van der Waals surface area contributed by atoms with Crippen LogP contribution in [0.3, 0.4) is 0 Å². The van der Waals surface area contributed by atoms with Crippen LogP contribution in [0.2, 0.25) is 0 Å². The summed E-state index contributed by atoms with van der Waals surface area (Å²) in [6.07, 6.45) is 7.62. The SMILES string of the molecule is O=C(Cc1ccccn1)N(CC1CCC1)c1ccc(-c2cnc3[nH]c4ccc(CSc5ccccc5)cc4c3c2-c2ccccc2)cc1. The second-order valence-corrected chi connectivity index (χ2v) is 13.6. The van der Waals surface area contributed by atoms with Crippen molar-refractivity contribution in [3.63, 3.8) is 0 Å². The zero-order chi connectivity index (χ0) is 32.3. The largest absolute Gasteiger partial charge is 0.339 e. The second-order valence-electron chi connectivity index (χ2n) is 12.6. The van der Waals surface area contributed by atoms with E-state index in [9.17, 15) is 4.79 Å². The Morgan fingerprint density at radius 2 is 1.58 bits per heavy atom. The zero-order valence-electron chi connectivity index (χ0n) is 26.7. The summed E-state index contributed by atoms with van der Waals surface area (Å²) >= 11 is 1.85. The van der Waals surface area contributed by atoms with E-state index < -0.39 is 0 Å². The molecule has 0 bridgehead atoms. The van der Waals surface area contributed by atoms with E-state index in [-0.39, 0.29) is 5.91 Å². The minimum atomic E-state index is 0.0847. The molecule has 0 spiro atoms. The van der Waals surface area contributed by atoms with Crippen molar-refractivity contribution in [2.24, 2.45) is 5.92 Å². The highest BCUT2D eigenvalue weighted by Gasteiger charge is 2.25. The highest BCUT2D eigenvalue weighted by molar-refractivity contribution is 7.98. The molecule has 1 aliphatic rings. The molecule has 1 aliphatic carbocycles. The Bertz CT molecular complexity index is 2180. The van der Waals surface area contributed by atoms with Crippen LogP contribution in [0.4, 0.5) is 5.69 Å².